The molecule has 0 aliphatic heterocycles. The lowest BCUT2D eigenvalue weighted by molar-refractivity contribution is 0.648. The first-order valence-corrected chi connectivity index (χ1v) is 8.61. The predicted molar refractivity (Wildman–Crippen MR) is 96.9 cm³/mol. The number of benzene rings is 2. The molecule has 114 valence electrons. The van der Waals surface area contributed by atoms with Gasteiger partial charge in [0, 0.05) is 0 Å². The van der Waals surface area contributed by atoms with Crippen LogP contribution >= 0.6 is 0 Å². The minimum Gasteiger partial charge on any atom is -0.0620 e. The largest absolute Gasteiger partial charge is 0.0620 e. The third-order valence-corrected chi connectivity index (χ3v) is 4.91. The molecule has 0 atom stereocenters. The van der Waals surface area contributed by atoms with Crippen LogP contribution in [0.1, 0.15) is 60.8 Å². The lowest BCUT2D eigenvalue weighted by Crippen LogP contribution is -2.00. The molecule has 0 amide bonds. The van der Waals surface area contributed by atoms with Gasteiger partial charge in [0.2, 0.25) is 0 Å². The molecule has 0 spiro atoms. The van der Waals surface area contributed by atoms with Crippen molar-refractivity contribution in [2.45, 2.75) is 52.4 Å². The molecule has 0 saturated carbocycles. The van der Waals surface area contributed by atoms with Crippen LogP contribution in [0.5, 0.6) is 0 Å². The quantitative estimate of drug-likeness (QED) is 0.587. The zero-order valence-electron chi connectivity index (χ0n) is 13.9. The molecular weight excluding hydrogens is 264 g/mol. The van der Waals surface area contributed by atoms with Crippen molar-refractivity contribution in [1.29, 1.82) is 0 Å². The first-order valence-electron chi connectivity index (χ1n) is 8.61. The Morgan fingerprint density at radius 1 is 0.545 bits per heavy atom. The van der Waals surface area contributed by atoms with Gasteiger partial charge in [-0.05, 0) is 72.9 Å². The summed E-state index contributed by atoms with van der Waals surface area (Å²) in [5.74, 6) is 0. The van der Waals surface area contributed by atoms with E-state index in [4.69, 9.17) is 0 Å². The summed E-state index contributed by atoms with van der Waals surface area (Å²) < 4.78 is 0. The summed E-state index contributed by atoms with van der Waals surface area (Å²) in [5.41, 5.74) is 8.91. The molecule has 2 aromatic carbocycles. The minimum absolute atomic E-state index is 1.22. The molecule has 0 unspecified atom stereocenters. The second kappa shape index (κ2) is 6.96. The van der Waals surface area contributed by atoms with E-state index in [1.165, 1.54) is 60.8 Å². The number of allylic oxidation sites excluding steroid dienone is 2. The topological polar surface area (TPSA) is 0 Å². The summed E-state index contributed by atoms with van der Waals surface area (Å²) in [4.78, 5) is 0. The van der Waals surface area contributed by atoms with Crippen LogP contribution in [0.4, 0.5) is 0 Å². The van der Waals surface area contributed by atoms with Gasteiger partial charge in [0.05, 0.1) is 0 Å². The summed E-state index contributed by atoms with van der Waals surface area (Å²) >= 11 is 0. The molecule has 0 nitrogen and oxygen atoms in total. The van der Waals surface area contributed by atoms with Crippen LogP contribution in [0.25, 0.3) is 11.1 Å². The SMILES string of the molecule is Cc1ccccc1C1=C(c2ccccc2C)CCCCCC1. The zero-order chi connectivity index (χ0) is 15.4. The Bertz CT molecular complexity index is 616. The van der Waals surface area contributed by atoms with E-state index in [0.717, 1.165) is 0 Å². The van der Waals surface area contributed by atoms with E-state index in [-0.39, 0.29) is 0 Å². The zero-order valence-corrected chi connectivity index (χ0v) is 13.9. The molecule has 0 radical (unpaired) electrons. The van der Waals surface area contributed by atoms with Gasteiger partial charge in [0.25, 0.3) is 0 Å². The van der Waals surface area contributed by atoms with E-state index in [0.29, 0.717) is 0 Å². The molecule has 1 aliphatic carbocycles. The summed E-state index contributed by atoms with van der Waals surface area (Å²) in [6.07, 6.45) is 7.81. The first kappa shape index (κ1) is 15.1. The van der Waals surface area contributed by atoms with Gasteiger partial charge >= 0.3 is 0 Å². The molecule has 0 aromatic heterocycles. The van der Waals surface area contributed by atoms with E-state index in [9.17, 15) is 0 Å². The standard InChI is InChI=1S/C22H26/c1-17-11-7-9-13-19(17)21-15-5-3-4-6-16-22(21)20-14-10-8-12-18(20)2/h7-14H,3-6,15-16H2,1-2H3. The second-order valence-corrected chi connectivity index (χ2v) is 6.50. The minimum atomic E-state index is 1.22. The number of aryl methyl sites for hydroxylation is 2. The van der Waals surface area contributed by atoms with Crippen molar-refractivity contribution < 1.29 is 0 Å². The Kier molecular flexibility index (Phi) is 4.77. The Hall–Kier alpha value is -1.82. The highest BCUT2D eigenvalue weighted by Gasteiger charge is 2.16. The van der Waals surface area contributed by atoms with Gasteiger partial charge in [0.15, 0.2) is 0 Å². The Labute approximate surface area is 134 Å². The van der Waals surface area contributed by atoms with Gasteiger partial charge in [-0.15, -0.1) is 0 Å². The molecule has 0 heteroatoms. The van der Waals surface area contributed by atoms with E-state index in [2.05, 4.69) is 62.4 Å². The van der Waals surface area contributed by atoms with Crippen LogP contribution in [-0.4, -0.2) is 0 Å². The van der Waals surface area contributed by atoms with Crippen molar-refractivity contribution >= 4 is 11.1 Å². The lowest BCUT2D eigenvalue weighted by atomic mass is 9.83. The lowest BCUT2D eigenvalue weighted by Gasteiger charge is -2.22. The van der Waals surface area contributed by atoms with Crippen molar-refractivity contribution in [3.63, 3.8) is 0 Å². The maximum absolute atomic E-state index is 2.31. The van der Waals surface area contributed by atoms with Gasteiger partial charge in [0.1, 0.15) is 0 Å². The fraction of sp³-hybridized carbons (Fsp3) is 0.364. The Morgan fingerprint density at radius 2 is 0.955 bits per heavy atom. The first-order chi connectivity index (χ1) is 10.8. The van der Waals surface area contributed by atoms with Gasteiger partial charge < -0.3 is 0 Å². The van der Waals surface area contributed by atoms with Gasteiger partial charge in [-0.1, -0.05) is 61.4 Å². The van der Waals surface area contributed by atoms with Crippen LogP contribution in [-0.2, 0) is 0 Å². The molecule has 3 rings (SSSR count). The number of hydrogen-bond acceptors (Lipinski definition) is 0. The van der Waals surface area contributed by atoms with Crippen LogP contribution in [0.3, 0.4) is 0 Å². The average Bonchev–Trinajstić information content (AvgIpc) is 2.50. The normalized spacial score (nSPS) is 16.3. The molecule has 2 aromatic rings. The van der Waals surface area contributed by atoms with Gasteiger partial charge in [-0.25, -0.2) is 0 Å². The molecule has 0 heterocycles. The van der Waals surface area contributed by atoms with Crippen molar-refractivity contribution in [3.8, 4) is 0 Å². The predicted octanol–water partition coefficient (Wildman–Crippen LogP) is 6.57. The Balaban J connectivity index is 2.18. The van der Waals surface area contributed by atoms with E-state index >= 15 is 0 Å². The maximum atomic E-state index is 2.31. The van der Waals surface area contributed by atoms with Gasteiger partial charge in [-0.3, -0.25) is 0 Å². The van der Waals surface area contributed by atoms with Crippen LogP contribution in [0.2, 0.25) is 0 Å². The third-order valence-electron chi connectivity index (χ3n) is 4.91. The van der Waals surface area contributed by atoms with E-state index in [1.807, 2.05) is 0 Å². The smallest absolute Gasteiger partial charge is 0.0192 e. The average molecular weight is 290 g/mol. The Morgan fingerprint density at radius 3 is 1.36 bits per heavy atom. The highest BCUT2D eigenvalue weighted by Crippen LogP contribution is 2.38. The van der Waals surface area contributed by atoms with Crippen molar-refractivity contribution in [3.05, 3.63) is 70.8 Å². The van der Waals surface area contributed by atoms with Crippen molar-refractivity contribution in [1.82, 2.24) is 0 Å². The summed E-state index contributed by atoms with van der Waals surface area (Å²) in [6, 6.07) is 17.8. The molecule has 0 saturated heterocycles. The van der Waals surface area contributed by atoms with E-state index in [1.54, 1.807) is 11.1 Å². The fourth-order valence-electron chi connectivity index (χ4n) is 3.68. The molecular formula is C22H26. The highest BCUT2D eigenvalue weighted by atomic mass is 14.2. The van der Waals surface area contributed by atoms with Crippen LogP contribution in [0.15, 0.2) is 48.5 Å². The van der Waals surface area contributed by atoms with Crippen molar-refractivity contribution in [2.24, 2.45) is 0 Å². The molecule has 22 heavy (non-hydrogen) atoms. The summed E-state index contributed by atoms with van der Waals surface area (Å²) in [7, 11) is 0. The fourth-order valence-corrected chi connectivity index (χ4v) is 3.68. The molecule has 1 aliphatic rings. The number of rotatable bonds is 2. The monoisotopic (exact) mass is 290 g/mol. The summed E-state index contributed by atoms with van der Waals surface area (Å²) in [5, 5.41) is 0. The molecule has 0 fully saturated rings. The van der Waals surface area contributed by atoms with Gasteiger partial charge in [-0.2, -0.15) is 0 Å². The molecule has 0 bridgehead atoms. The van der Waals surface area contributed by atoms with Crippen LogP contribution in [0, 0.1) is 13.8 Å². The third kappa shape index (κ3) is 3.16. The second-order valence-electron chi connectivity index (χ2n) is 6.50. The van der Waals surface area contributed by atoms with E-state index < -0.39 is 0 Å². The van der Waals surface area contributed by atoms with Crippen molar-refractivity contribution in [2.75, 3.05) is 0 Å². The van der Waals surface area contributed by atoms with Crippen LogP contribution < -0.4 is 0 Å². The summed E-state index contributed by atoms with van der Waals surface area (Å²) in [6.45, 7) is 4.49. The maximum Gasteiger partial charge on any atom is -0.0192 e. The molecule has 0 N–H and O–H groups in total. The highest BCUT2D eigenvalue weighted by molar-refractivity contribution is 5.92. The number of hydrogen-bond donors (Lipinski definition) is 0.